The van der Waals surface area contributed by atoms with Gasteiger partial charge in [0.05, 0.1) is 11.8 Å². The van der Waals surface area contributed by atoms with Gasteiger partial charge in [0.2, 0.25) is 0 Å². The Morgan fingerprint density at radius 3 is 2.92 bits per heavy atom. The fourth-order valence-corrected chi connectivity index (χ4v) is 1.78. The highest BCUT2D eigenvalue weighted by Gasteiger charge is 2.25. The molecular weight excluding hydrogens is 154 g/mol. The van der Waals surface area contributed by atoms with E-state index in [1.54, 1.807) is 4.68 Å². The van der Waals surface area contributed by atoms with Gasteiger partial charge in [0.1, 0.15) is 0 Å². The second-order valence-corrected chi connectivity index (χ2v) is 3.48. The van der Waals surface area contributed by atoms with Gasteiger partial charge in [-0.3, -0.25) is 4.68 Å². The maximum Gasteiger partial charge on any atom is 0.0858 e. The minimum atomic E-state index is -0.128. The maximum absolute atomic E-state index is 9.31. The SMILES string of the molecule is Cn1cc(C2CCC(O)C2)nn1. The van der Waals surface area contributed by atoms with Crippen LogP contribution in [0.3, 0.4) is 0 Å². The molecular formula is C8H13N3O. The molecule has 4 heteroatoms. The Balaban J connectivity index is 2.11. The summed E-state index contributed by atoms with van der Waals surface area (Å²) in [6.07, 6.45) is 4.60. The molecule has 2 unspecified atom stereocenters. The third-order valence-electron chi connectivity index (χ3n) is 2.44. The second-order valence-electron chi connectivity index (χ2n) is 3.48. The summed E-state index contributed by atoms with van der Waals surface area (Å²) in [6.45, 7) is 0. The normalized spacial score (nSPS) is 29.5. The van der Waals surface area contributed by atoms with E-state index < -0.39 is 0 Å². The molecule has 2 atom stereocenters. The summed E-state index contributed by atoms with van der Waals surface area (Å²) in [7, 11) is 1.86. The number of aliphatic hydroxyl groups excluding tert-OH is 1. The quantitative estimate of drug-likeness (QED) is 0.660. The molecule has 2 rings (SSSR count). The van der Waals surface area contributed by atoms with E-state index in [0.717, 1.165) is 25.0 Å². The summed E-state index contributed by atoms with van der Waals surface area (Å²) in [5, 5.41) is 17.2. The van der Waals surface area contributed by atoms with E-state index in [-0.39, 0.29) is 6.10 Å². The van der Waals surface area contributed by atoms with Crippen LogP contribution in [0.5, 0.6) is 0 Å². The summed E-state index contributed by atoms with van der Waals surface area (Å²) < 4.78 is 1.71. The summed E-state index contributed by atoms with van der Waals surface area (Å²) in [4.78, 5) is 0. The second kappa shape index (κ2) is 2.86. The lowest BCUT2D eigenvalue weighted by Crippen LogP contribution is -1.99. The third kappa shape index (κ3) is 1.34. The Bertz CT molecular complexity index is 271. The first-order valence-corrected chi connectivity index (χ1v) is 4.30. The fraction of sp³-hybridized carbons (Fsp3) is 0.750. The molecule has 4 nitrogen and oxygen atoms in total. The maximum atomic E-state index is 9.31. The minimum absolute atomic E-state index is 0.128. The van der Waals surface area contributed by atoms with E-state index >= 15 is 0 Å². The van der Waals surface area contributed by atoms with E-state index in [1.807, 2.05) is 13.2 Å². The third-order valence-corrected chi connectivity index (χ3v) is 2.44. The highest BCUT2D eigenvalue weighted by molar-refractivity contribution is 5.04. The number of aryl methyl sites for hydroxylation is 1. The molecule has 1 aromatic heterocycles. The molecule has 1 aliphatic carbocycles. The molecule has 1 fully saturated rings. The first-order valence-electron chi connectivity index (χ1n) is 4.30. The highest BCUT2D eigenvalue weighted by atomic mass is 16.3. The zero-order valence-corrected chi connectivity index (χ0v) is 7.14. The van der Waals surface area contributed by atoms with Crippen LogP contribution in [0.2, 0.25) is 0 Å². The summed E-state index contributed by atoms with van der Waals surface area (Å²) in [5.74, 6) is 0.425. The number of hydrogen-bond donors (Lipinski definition) is 1. The lowest BCUT2D eigenvalue weighted by atomic mass is 10.1. The van der Waals surface area contributed by atoms with Crippen molar-refractivity contribution in [1.82, 2.24) is 15.0 Å². The predicted octanol–water partition coefficient (Wildman–Crippen LogP) is 0.443. The Morgan fingerprint density at radius 2 is 2.42 bits per heavy atom. The smallest absolute Gasteiger partial charge is 0.0858 e. The van der Waals surface area contributed by atoms with Crippen molar-refractivity contribution in [3.63, 3.8) is 0 Å². The van der Waals surface area contributed by atoms with E-state index in [0.29, 0.717) is 5.92 Å². The molecule has 1 aromatic rings. The molecule has 12 heavy (non-hydrogen) atoms. The average Bonchev–Trinajstić information content (AvgIpc) is 2.58. The van der Waals surface area contributed by atoms with E-state index in [9.17, 15) is 5.11 Å². The van der Waals surface area contributed by atoms with Gasteiger partial charge < -0.3 is 5.11 Å². The molecule has 1 aliphatic rings. The van der Waals surface area contributed by atoms with Crippen LogP contribution in [0.25, 0.3) is 0 Å². The van der Waals surface area contributed by atoms with Crippen LogP contribution in [0.1, 0.15) is 30.9 Å². The van der Waals surface area contributed by atoms with E-state index in [1.165, 1.54) is 0 Å². The predicted molar refractivity (Wildman–Crippen MR) is 43.6 cm³/mol. The van der Waals surface area contributed by atoms with Gasteiger partial charge in [0.25, 0.3) is 0 Å². The number of aromatic nitrogens is 3. The summed E-state index contributed by atoms with van der Waals surface area (Å²) in [5.41, 5.74) is 1.02. The molecule has 0 aliphatic heterocycles. The van der Waals surface area contributed by atoms with Crippen molar-refractivity contribution in [2.75, 3.05) is 0 Å². The molecule has 66 valence electrons. The van der Waals surface area contributed by atoms with E-state index in [4.69, 9.17) is 0 Å². The number of rotatable bonds is 1. The van der Waals surface area contributed by atoms with Crippen molar-refractivity contribution in [2.24, 2.45) is 7.05 Å². The zero-order valence-electron chi connectivity index (χ0n) is 7.14. The lowest BCUT2D eigenvalue weighted by molar-refractivity contribution is 0.181. The van der Waals surface area contributed by atoms with Gasteiger partial charge in [-0.1, -0.05) is 5.21 Å². The van der Waals surface area contributed by atoms with Crippen molar-refractivity contribution >= 4 is 0 Å². The van der Waals surface area contributed by atoms with Crippen LogP contribution in [0.15, 0.2) is 6.20 Å². The van der Waals surface area contributed by atoms with Crippen LogP contribution < -0.4 is 0 Å². The topological polar surface area (TPSA) is 50.9 Å². The Labute approximate surface area is 71.2 Å². The van der Waals surface area contributed by atoms with Gasteiger partial charge in [-0.25, -0.2) is 0 Å². The van der Waals surface area contributed by atoms with Gasteiger partial charge in [0.15, 0.2) is 0 Å². The van der Waals surface area contributed by atoms with Crippen molar-refractivity contribution in [3.05, 3.63) is 11.9 Å². The van der Waals surface area contributed by atoms with Crippen LogP contribution in [-0.4, -0.2) is 26.2 Å². The molecule has 0 bridgehead atoms. The highest BCUT2D eigenvalue weighted by Crippen LogP contribution is 2.32. The van der Waals surface area contributed by atoms with E-state index in [2.05, 4.69) is 10.3 Å². The van der Waals surface area contributed by atoms with Crippen molar-refractivity contribution in [2.45, 2.75) is 31.3 Å². The number of hydrogen-bond acceptors (Lipinski definition) is 3. The van der Waals surface area contributed by atoms with Crippen LogP contribution >= 0.6 is 0 Å². The van der Waals surface area contributed by atoms with Gasteiger partial charge in [-0.05, 0) is 19.3 Å². The first-order chi connectivity index (χ1) is 5.75. The summed E-state index contributed by atoms with van der Waals surface area (Å²) >= 11 is 0. The minimum Gasteiger partial charge on any atom is -0.393 e. The molecule has 0 aromatic carbocycles. The first kappa shape index (κ1) is 7.73. The molecule has 0 saturated heterocycles. The lowest BCUT2D eigenvalue weighted by Gasteiger charge is -2.02. The van der Waals surface area contributed by atoms with Gasteiger partial charge in [-0.2, -0.15) is 0 Å². The molecule has 1 heterocycles. The van der Waals surface area contributed by atoms with Gasteiger partial charge in [0, 0.05) is 19.2 Å². The monoisotopic (exact) mass is 167 g/mol. The van der Waals surface area contributed by atoms with Crippen molar-refractivity contribution in [1.29, 1.82) is 0 Å². The average molecular weight is 167 g/mol. The molecule has 0 radical (unpaired) electrons. The fourth-order valence-electron chi connectivity index (χ4n) is 1.78. The van der Waals surface area contributed by atoms with Crippen LogP contribution in [0.4, 0.5) is 0 Å². The van der Waals surface area contributed by atoms with Crippen molar-refractivity contribution < 1.29 is 5.11 Å². The Morgan fingerprint density at radius 1 is 1.58 bits per heavy atom. The molecule has 0 spiro atoms. The van der Waals surface area contributed by atoms with Gasteiger partial charge in [-0.15, -0.1) is 5.10 Å². The van der Waals surface area contributed by atoms with Crippen LogP contribution in [-0.2, 0) is 7.05 Å². The number of aliphatic hydroxyl groups is 1. The summed E-state index contributed by atoms with van der Waals surface area (Å²) in [6, 6.07) is 0. The molecule has 1 saturated carbocycles. The molecule has 1 N–H and O–H groups in total. The van der Waals surface area contributed by atoms with Crippen LogP contribution in [0, 0.1) is 0 Å². The largest absolute Gasteiger partial charge is 0.393 e. The van der Waals surface area contributed by atoms with Gasteiger partial charge >= 0.3 is 0 Å². The zero-order chi connectivity index (χ0) is 8.55. The number of nitrogens with zero attached hydrogens (tertiary/aromatic N) is 3. The van der Waals surface area contributed by atoms with Crippen molar-refractivity contribution in [3.8, 4) is 0 Å². The Kier molecular flexibility index (Phi) is 1.84. The Hall–Kier alpha value is -0.900. The molecule has 0 amide bonds. The standard InChI is InChI=1S/C8H13N3O/c1-11-5-8(9-10-11)6-2-3-7(12)4-6/h5-7,12H,2-4H2,1H3.